The third-order valence-corrected chi connectivity index (χ3v) is 1.20. The smallest absolute Gasteiger partial charge is 0.344 e. The van der Waals surface area contributed by atoms with E-state index in [1.54, 1.807) is 12.1 Å². The van der Waals surface area contributed by atoms with E-state index < -0.39 is 0 Å². The fraction of sp³-hybridized carbons (Fsp3) is 0. The van der Waals surface area contributed by atoms with Gasteiger partial charge in [0.15, 0.2) is 0 Å². The first-order valence-corrected chi connectivity index (χ1v) is 2.86. The average molecular weight is 138 g/mol. The van der Waals surface area contributed by atoms with Gasteiger partial charge in [-0.05, 0) is 12.1 Å². The Hall–Kier alpha value is -1.35. The molecule has 1 amide bonds. The first kappa shape index (κ1) is 6.77. The van der Waals surface area contributed by atoms with E-state index in [2.05, 4.69) is 5.73 Å². The predicted octanol–water partition coefficient (Wildman–Crippen LogP) is -0.226. The highest BCUT2D eigenvalue weighted by molar-refractivity contribution is 5.88. The Morgan fingerprint density at radius 3 is 2.40 bits per heavy atom. The quantitative estimate of drug-likeness (QED) is 0.563. The van der Waals surface area contributed by atoms with Crippen LogP contribution in [0.4, 0.5) is 0 Å². The molecule has 1 rings (SSSR count). The molecule has 0 bridgehead atoms. The van der Waals surface area contributed by atoms with Crippen LogP contribution in [0, 0.1) is 0 Å². The summed E-state index contributed by atoms with van der Waals surface area (Å²) in [6.45, 7) is 0. The van der Waals surface area contributed by atoms with Crippen LogP contribution < -0.4 is 5.73 Å². The zero-order chi connectivity index (χ0) is 7.56. The second-order valence-electron chi connectivity index (χ2n) is 1.94. The number of phenolic OH excluding ortho intramolecular Hbond substituents is 1. The molecule has 0 aromatic heterocycles. The van der Waals surface area contributed by atoms with E-state index in [4.69, 9.17) is 5.11 Å². The topological polar surface area (TPSA) is 64.9 Å². The number of aromatic hydroxyl groups is 1. The number of hydrogen-bond acceptors (Lipinski definition) is 2. The number of carbonyl (C=O) groups excluding carboxylic acids is 1. The third kappa shape index (κ3) is 1.14. The van der Waals surface area contributed by atoms with Crippen molar-refractivity contribution in [2.75, 3.05) is 0 Å². The standard InChI is InChI=1S/C7H7NO2/c8-7(10)5-3-1-2-4-6(5)9/h1-4,9H,(H2,8,10)/p+1. The summed E-state index contributed by atoms with van der Waals surface area (Å²) in [5, 5.41) is 9.02. The lowest BCUT2D eigenvalue weighted by Gasteiger charge is -1.93. The van der Waals surface area contributed by atoms with E-state index in [1.807, 2.05) is 0 Å². The monoisotopic (exact) mass is 138 g/mol. The van der Waals surface area contributed by atoms with Gasteiger partial charge >= 0.3 is 5.91 Å². The number of para-hydroxylation sites is 1. The van der Waals surface area contributed by atoms with E-state index in [1.165, 1.54) is 12.1 Å². The van der Waals surface area contributed by atoms with Gasteiger partial charge in [0.2, 0.25) is 0 Å². The first-order chi connectivity index (χ1) is 4.72. The van der Waals surface area contributed by atoms with Crippen LogP contribution in [-0.2, 0) is 0 Å². The van der Waals surface area contributed by atoms with Crippen molar-refractivity contribution in [3.05, 3.63) is 29.8 Å². The fourth-order valence-electron chi connectivity index (χ4n) is 0.709. The number of benzene rings is 1. The van der Waals surface area contributed by atoms with Crippen molar-refractivity contribution in [1.29, 1.82) is 0 Å². The van der Waals surface area contributed by atoms with Crippen LogP contribution in [0.25, 0.3) is 0 Å². The molecule has 0 heterocycles. The van der Waals surface area contributed by atoms with Gasteiger partial charge in [0.1, 0.15) is 11.3 Å². The predicted molar refractivity (Wildman–Crippen MR) is 35.3 cm³/mol. The summed E-state index contributed by atoms with van der Waals surface area (Å²) < 4.78 is 0. The van der Waals surface area contributed by atoms with Gasteiger partial charge in [0, 0.05) is 0 Å². The lowest BCUT2D eigenvalue weighted by Crippen LogP contribution is -2.56. The van der Waals surface area contributed by atoms with Gasteiger partial charge in [-0.2, -0.15) is 0 Å². The third-order valence-electron chi connectivity index (χ3n) is 1.20. The number of rotatable bonds is 1. The summed E-state index contributed by atoms with van der Waals surface area (Å²) >= 11 is 0. The SMILES string of the molecule is [NH3+]C(=O)c1ccccc1O. The molecular formula is C7H8NO2+. The van der Waals surface area contributed by atoms with Crippen LogP contribution in [0.3, 0.4) is 0 Å². The van der Waals surface area contributed by atoms with E-state index in [0.29, 0.717) is 0 Å². The van der Waals surface area contributed by atoms with Crippen LogP contribution >= 0.6 is 0 Å². The van der Waals surface area contributed by atoms with Crippen LogP contribution in [0.2, 0.25) is 0 Å². The van der Waals surface area contributed by atoms with Crippen molar-refractivity contribution >= 4 is 5.91 Å². The zero-order valence-electron chi connectivity index (χ0n) is 5.37. The highest BCUT2D eigenvalue weighted by Gasteiger charge is 2.07. The number of amides is 1. The van der Waals surface area contributed by atoms with E-state index in [0.717, 1.165) is 0 Å². The van der Waals surface area contributed by atoms with Gasteiger partial charge in [0.25, 0.3) is 0 Å². The maximum atomic E-state index is 10.6. The average Bonchev–Trinajstić information content (AvgIpc) is 1.88. The molecule has 0 unspecified atom stereocenters. The summed E-state index contributed by atoms with van der Waals surface area (Å²) in [5.74, 6) is -0.374. The summed E-state index contributed by atoms with van der Waals surface area (Å²) in [6, 6.07) is 6.32. The van der Waals surface area contributed by atoms with Crippen LogP contribution in [-0.4, -0.2) is 11.0 Å². The Morgan fingerprint density at radius 2 is 2.00 bits per heavy atom. The van der Waals surface area contributed by atoms with Gasteiger partial charge in [-0.1, -0.05) is 12.1 Å². The van der Waals surface area contributed by atoms with E-state index in [9.17, 15) is 4.79 Å². The maximum absolute atomic E-state index is 10.6. The summed E-state index contributed by atoms with van der Waals surface area (Å²) in [7, 11) is 0. The molecular weight excluding hydrogens is 130 g/mol. The minimum atomic E-state index is -0.363. The largest absolute Gasteiger partial charge is 0.507 e. The van der Waals surface area contributed by atoms with Crippen LogP contribution in [0.1, 0.15) is 10.4 Å². The molecule has 0 aliphatic carbocycles. The number of hydrogen-bond donors (Lipinski definition) is 2. The molecule has 1 aromatic rings. The van der Waals surface area contributed by atoms with Crippen molar-refractivity contribution < 1.29 is 15.6 Å². The molecule has 0 radical (unpaired) electrons. The molecule has 0 saturated carbocycles. The van der Waals surface area contributed by atoms with Crippen molar-refractivity contribution in [2.24, 2.45) is 0 Å². The lowest BCUT2D eigenvalue weighted by molar-refractivity contribution is -0.255. The van der Waals surface area contributed by atoms with Crippen molar-refractivity contribution in [3.63, 3.8) is 0 Å². The summed E-state index contributed by atoms with van der Waals surface area (Å²) in [5.41, 5.74) is 3.44. The molecule has 4 N–H and O–H groups in total. The van der Waals surface area contributed by atoms with Crippen molar-refractivity contribution in [2.45, 2.75) is 0 Å². The molecule has 0 spiro atoms. The van der Waals surface area contributed by atoms with Gasteiger partial charge in [-0.3, -0.25) is 5.73 Å². The fourth-order valence-corrected chi connectivity index (χ4v) is 0.709. The maximum Gasteiger partial charge on any atom is 0.344 e. The zero-order valence-corrected chi connectivity index (χ0v) is 5.37. The van der Waals surface area contributed by atoms with Crippen molar-refractivity contribution in [3.8, 4) is 5.75 Å². The minimum absolute atomic E-state index is 0.0116. The lowest BCUT2D eigenvalue weighted by atomic mass is 10.2. The molecule has 3 nitrogen and oxygen atoms in total. The van der Waals surface area contributed by atoms with Gasteiger partial charge in [-0.15, -0.1) is 0 Å². The number of quaternary nitrogens is 1. The Morgan fingerprint density at radius 1 is 1.40 bits per heavy atom. The second kappa shape index (κ2) is 2.49. The summed E-state index contributed by atoms with van der Waals surface area (Å²) in [4.78, 5) is 10.6. The molecule has 0 aliphatic heterocycles. The Kier molecular flexibility index (Phi) is 1.69. The Labute approximate surface area is 58.1 Å². The highest BCUT2D eigenvalue weighted by Crippen LogP contribution is 2.13. The molecule has 0 fully saturated rings. The van der Waals surface area contributed by atoms with E-state index >= 15 is 0 Å². The molecule has 52 valence electrons. The Balaban J connectivity index is 3.15. The molecule has 0 saturated heterocycles. The highest BCUT2D eigenvalue weighted by atomic mass is 16.3. The van der Waals surface area contributed by atoms with Crippen molar-refractivity contribution in [1.82, 2.24) is 0 Å². The molecule has 1 aromatic carbocycles. The minimum Gasteiger partial charge on any atom is -0.507 e. The molecule has 0 aliphatic rings. The molecule has 10 heavy (non-hydrogen) atoms. The van der Waals surface area contributed by atoms with Gasteiger partial charge in [-0.25, -0.2) is 4.79 Å². The number of phenols is 1. The molecule has 0 atom stereocenters. The van der Waals surface area contributed by atoms with Crippen LogP contribution in [0.5, 0.6) is 5.75 Å². The summed E-state index contributed by atoms with van der Waals surface area (Å²) in [6.07, 6.45) is 0. The van der Waals surface area contributed by atoms with Gasteiger partial charge < -0.3 is 5.11 Å². The van der Waals surface area contributed by atoms with Gasteiger partial charge in [0.05, 0.1) is 0 Å². The molecule has 3 heteroatoms. The number of carbonyl (C=O) groups is 1. The van der Waals surface area contributed by atoms with E-state index in [-0.39, 0.29) is 17.2 Å². The second-order valence-corrected chi connectivity index (χ2v) is 1.94. The first-order valence-electron chi connectivity index (χ1n) is 2.86. The van der Waals surface area contributed by atoms with Crippen LogP contribution in [0.15, 0.2) is 24.3 Å². The normalized spacial score (nSPS) is 9.30. The Bertz CT molecular complexity index is 258.